The highest BCUT2D eigenvalue weighted by Gasteiger charge is 2.33. The first-order valence-electron chi connectivity index (χ1n) is 4.72. The molecular formula is C9H11NO4S. The Hall–Kier alpha value is -1.17. The molecule has 0 aliphatic carbocycles. The summed E-state index contributed by atoms with van der Waals surface area (Å²) in [6.45, 7) is 0.226. The van der Waals surface area contributed by atoms with Crippen LogP contribution in [0.25, 0.3) is 0 Å². The largest absolute Gasteiger partial charge is 0.275 e. The Morgan fingerprint density at radius 1 is 1.27 bits per heavy atom. The predicted octanol–water partition coefficient (Wildman–Crippen LogP) is -0.654. The Morgan fingerprint density at radius 3 is 2.33 bits per heavy atom. The molecule has 2 aliphatic rings. The summed E-state index contributed by atoms with van der Waals surface area (Å²) in [6.07, 6.45) is 2.97. The highest BCUT2D eigenvalue weighted by atomic mass is 32.2. The van der Waals surface area contributed by atoms with Gasteiger partial charge >= 0.3 is 0 Å². The van der Waals surface area contributed by atoms with E-state index in [1.54, 1.807) is 0 Å². The number of rotatable bonds is 2. The van der Waals surface area contributed by atoms with Gasteiger partial charge in [-0.25, -0.2) is 8.42 Å². The Kier molecular flexibility index (Phi) is 2.38. The highest BCUT2D eigenvalue weighted by Crippen LogP contribution is 2.20. The monoisotopic (exact) mass is 229 g/mol. The van der Waals surface area contributed by atoms with Crippen LogP contribution in [0, 0.1) is 5.92 Å². The van der Waals surface area contributed by atoms with Crippen LogP contribution >= 0.6 is 0 Å². The summed E-state index contributed by atoms with van der Waals surface area (Å²) in [4.78, 5) is 23.5. The van der Waals surface area contributed by atoms with Crippen molar-refractivity contribution in [2.75, 3.05) is 18.1 Å². The third-order valence-corrected chi connectivity index (χ3v) is 4.51. The molecular weight excluding hydrogens is 218 g/mol. The number of hydrogen-bond donors (Lipinski definition) is 0. The van der Waals surface area contributed by atoms with Gasteiger partial charge < -0.3 is 0 Å². The topological polar surface area (TPSA) is 71.5 Å². The van der Waals surface area contributed by atoms with E-state index in [-0.39, 0.29) is 35.8 Å². The normalized spacial score (nSPS) is 29.1. The van der Waals surface area contributed by atoms with E-state index >= 15 is 0 Å². The van der Waals surface area contributed by atoms with E-state index in [4.69, 9.17) is 0 Å². The van der Waals surface area contributed by atoms with Crippen LogP contribution < -0.4 is 0 Å². The van der Waals surface area contributed by atoms with Crippen LogP contribution in [-0.4, -0.2) is 43.2 Å². The van der Waals surface area contributed by atoms with E-state index in [1.165, 1.54) is 12.2 Å². The van der Waals surface area contributed by atoms with Crippen molar-refractivity contribution in [1.29, 1.82) is 0 Å². The van der Waals surface area contributed by atoms with Gasteiger partial charge in [0, 0.05) is 18.7 Å². The summed E-state index contributed by atoms with van der Waals surface area (Å²) in [5, 5.41) is 0. The lowest BCUT2D eigenvalue weighted by atomic mass is 10.1. The van der Waals surface area contributed by atoms with E-state index < -0.39 is 9.84 Å². The number of amides is 2. The lowest BCUT2D eigenvalue weighted by Crippen LogP contribution is -2.35. The number of carbonyl (C=O) groups excluding carboxylic acids is 2. The molecule has 2 rings (SSSR count). The van der Waals surface area contributed by atoms with Gasteiger partial charge in [0.15, 0.2) is 9.84 Å². The second-order valence-electron chi connectivity index (χ2n) is 3.89. The minimum atomic E-state index is -2.94. The number of sulfone groups is 1. The van der Waals surface area contributed by atoms with Gasteiger partial charge in [0.2, 0.25) is 0 Å². The molecule has 1 unspecified atom stereocenters. The van der Waals surface area contributed by atoms with Crippen molar-refractivity contribution in [2.45, 2.75) is 6.42 Å². The molecule has 0 saturated carbocycles. The van der Waals surface area contributed by atoms with Gasteiger partial charge in [0.05, 0.1) is 11.5 Å². The molecule has 2 aliphatic heterocycles. The third-order valence-electron chi connectivity index (χ3n) is 2.67. The quantitative estimate of drug-likeness (QED) is 0.590. The number of carbonyl (C=O) groups is 2. The maximum Gasteiger partial charge on any atom is 0.253 e. The number of hydrogen-bond acceptors (Lipinski definition) is 4. The average Bonchev–Trinajstić information content (AvgIpc) is 2.63. The molecule has 1 saturated heterocycles. The predicted molar refractivity (Wildman–Crippen MR) is 52.6 cm³/mol. The Labute approximate surface area is 87.7 Å². The molecule has 0 N–H and O–H groups in total. The smallest absolute Gasteiger partial charge is 0.253 e. The van der Waals surface area contributed by atoms with Crippen molar-refractivity contribution in [2.24, 2.45) is 5.92 Å². The number of nitrogens with zero attached hydrogens (tertiary/aromatic N) is 1. The Morgan fingerprint density at radius 2 is 1.87 bits per heavy atom. The molecule has 0 radical (unpaired) electrons. The van der Waals surface area contributed by atoms with Gasteiger partial charge in [-0.05, 0) is 12.3 Å². The van der Waals surface area contributed by atoms with Crippen LogP contribution in [0.1, 0.15) is 6.42 Å². The van der Waals surface area contributed by atoms with Crippen molar-refractivity contribution in [1.82, 2.24) is 4.90 Å². The maximum atomic E-state index is 11.2. The van der Waals surface area contributed by atoms with Gasteiger partial charge in [-0.3, -0.25) is 14.5 Å². The third kappa shape index (κ3) is 2.09. The fourth-order valence-corrected chi connectivity index (χ4v) is 3.73. The van der Waals surface area contributed by atoms with Crippen LogP contribution in [0.15, 0.2) is 12.2 Å². The SMILES string of the molecule is O=C1C=CC(=O)N1CC1CCS(=O)(=O)C1. The second-order valence-corrected chi connectivity index (χ2v) is 6.12. The van der Waals surface area contributed by atoms with Crippen LogP contribution in [-0.2, 0) is 19.4 Å². The van der Waals surface area contributed by atoms with Gasteiger partial charge in [-0.1, -0.05) is 0 Å². The van der Waals surface area contributed by atoms with Crippen molar-refractivity contribution < 1.29 is 18.0 Å². The zero-order valence-electron chi connectivity index (χ0n) is 8.05. The van der Waals surface area contributed by atoms with Gasteiger partial charge in [0.25, 0.3) is 11.8 Å². The first kappa shape index (κ1) is 10.4. The average molecular weight is 229 g/mol. The number of imide groups is 1. The first-order valence-corrected chi connectivity index (χ1v) is 6.54. The molecule has 2 amide bonds. The minimum absolute atomic E-state index is 0.0874. The summed E-state index contributed by atoms with van der Waals surface area (Å²) in [7, 11) is -2.94. The summed E-state index contributed by atoms with van der Waals surface area (Å²) in [5.41, 5.74) is 0. The molecule has 0 aromatic carbocycles. The highest BCUT2D eigenvalue weighted by molar-refractivity contribution is 7.91. The summed E-state index contributed by atoms with van der Waals surface area (Å²) in [6, 6.07) is 0. The minimum Gasteiger partial charge on any atom is -0.275 e. The van der Waals surface area contributed by atoms with Crippen molar-refractivity contribution in [3.63, 3.8) is 0 Å². The molecule has 1 atom stereocenters. The summed E-state index contributed by atoms with van der Waals surface area (Å²) >= 11 is 0. The zero-order chi connectivity index (χ0) is 11.1. The fraction of sp³-hybridized carbons (Fsp3) is 0.556. The lowest BCUT2D eigenvalue weighted by Gasteiger charge is -2.17. The molecule has 6 heteroatoms. The zero-order valence-corrected chi connectivity index (χ0v) is 8.87. The van der Waals surface area contributed by atoms with Crippen LogP contribution in [0.4, 0.5) is 0 Å². The van der Waals surface area contributed by atoms with Crippen molar-refractivity contribution >= 4 is 21.7 Å². The molecule has 0 aromatic rings. The molecule has 15 heavy (non-hydrogen) atoms. The lowest BCUT2D eigenvalue weighted by molar-refractivity contribution is -0.137. The van der Waals surface area contributed by atoms with E-state index in [2.05, 4.69) is 0 Å². The van der Waals surface area contributed by atoms with Crippen LogP contribution in [0.5, 0.6) is 0 Å². The standard InChI is InChI=1S/C9H11NO4S/c11-8-1-2-9(12)10(8)5-7-3-4-15(13,14)6-7/h1-2,7H,3-6H2. The van der Waals surface area contributed by atoms with Crippen molar-refractivity contribution in [3.05, 3.63) is 12.2 Å². The molecule has 82 valence electrons. The van der Waals surface area contributed by atoms with Gasteiger partial charge in [-0.2, -0.15) is 0 Å². The Balaban J connectivity index is 2.00. The molecule has 1 fully saturated rings. The molecule has 0 bridgehead atoms. The maximum absolute atomic E-state index is 11.2. The molecule has 5 nitrogen and oxygen atoms in total. The van der Waals surface area contributed by atoms with E-state index in [1.807, 2.05) is 0 Å². The first-order chi connectivity index (χ1) is 6.98. The fourth-order valence-electron chi connectivity index (χ4n) is 1.89. The van der Waals surface area contributed by atoms with E-state index in [0.717, 1.165) is 4.90 Å². The summed E-state index contributed by atoms with van der Waals surface area (Å²) < 4.78 is 22.3. The van der Waals surface area contributed by atoms with Crippen LogP contribution in [0.2, 0.25) is 0 Å². The molecule has 2 heterocycles. The second kappa shape index (κ2) is 3.44. The molecule has 0 aromatic heterocycles. The Bertz CT molecular complexity index is 419. The summed E-state index contributed by atoms with van der Waals surface area (Å²) in [5.74, 6) is -0.526. The van der Waals surface area contributed by atoms with E-state index in [9.17, 15) is 18.0 Å². The van der Waals surface area contributed by atoms with Crippen molar-refractivity contribution in [3.8, 4) is 0 Å². The van der Waals surface area contributed by atoms with Crippen LogP contribution in [0.3, 0.4) is 0 Å². The van der Waals surface area contributed by atoms with Gasteiger partial charge in [0.1, 0.15) is 0 Å². The molecule has 0 spiro atoms. The van der Waals surface area contributed by atoms with E-state index in [0.29, 0.717) is 6.42 Å². The van der Waals surface area contributed by atoms with Gasteiger partial charge in [-0.15, -0.1) is 0 Å².